The quantitative estimate of drug-likeness (QED) is 0.215. The molecule has 1 aromatic heterocycles. The van der Waals surface area contributed by atoms with E-state index >= 15 is 0 Å². The van der Waals surface area contributed by atoms with Gasteiger partial charge >= 0.3 is 0 Å². The van der Waals surface area contributed by atoms with Crippen LogP contribution in [-0.2, 0) is 0 Å². The summed E-state index contributed by atoms with van der Waals surface area (Å²) in [5.74, 6) is 0. The Kier molecular flexibility index (Phi) is 2.57. The van der Waals surface area contributed by atoms with Crippen molar-refractivity contribution in [3.63, 3.8) is 0 Å². The van der Waals surface area contributed by atoms with Gasteiger partial charge in [0.2, 0.25) is 27.1 Å². The molecule has 24 heavy (non-hydrogen) atoms. The number of nitrogens with zero attached hydrogens (tertiary/aromatic N) is 2. The van der Waals surface area contributed by atoms with E-state index in [1.807, 2.05) is 0 Å². The molecule has 0 spiro atoms. The lowest BCUT2D eigenvalue weighted by molar-refractivity contribution is 1.34. The van der Waals surface area contributed by atoms with Gasteiger partial charge in [0.25, 0.3) is 5.43 Å². The molecular formula is C16H4N2O6. The highest BCUT2D eigenvalue weighted by atomic mass is 16.2. The summed E-state index contributed by atoms with van der Waals surface area (Å²) in [4.78, 5) is 78.9. The Balaban J connectivity index is 2.48. The van der Waals surface area contributed by atoms with E-state index in [9.17, 15) is 28.8 Å². The molecule has 0 aliphatic rings. The summed E-state index contributed by atoms with van der Waals surface area (Å²) in [6.07, 6.45) is 0. The Morgan fingerprint density at radius 2 is 1.00 bits per heavy atom. The molecule has 0 radical (unpaired) electrons. The van der Waals surface area contributed by atoms with Gasteiger partial charge in [-0.3, -0.25) is 28.8 Å². The van der Waals surface area contributed by atoms with E-state index in [2.05, 4.69) is 9.97 Å². The van der Waals surface area contributed by atoms with Gasteiger partial charge in [0, 0.05) is 16.8 Å². The maximum Gasteiger partial charge on any atom is 0.254 e. The summed E-state index contributed by atoms with van der Waals surface area (Å²) in [5.41, 5.74) is -6.28. The van der Waals surface area contributed by atoms with E-state index in [4.69, 9.17) is 0 Å². The first kappa shape index (κ1) is 13.9. The lowest BCUT2D eigenvalue weighted by atomic mass is 10.1. The molecule has 0 amide bonds. The highest BCUT2D eigenvalue weighted by molar-refractivity contribution is 6.05. The number of hydrogen-bond donors (Lipinski definition) is 0. The zero-order valence-electron chi connectivity index (χ0n) is 11.7. The van der Waals surface area contributed by atoms with Crippen LogP contribution in [0.15, 0.2) is 53.0 Å². The van der Waals surface area contributed by atoms with Gasteiger partial charge in [-0.15, -0.1) is 0 Å². The second-order valence-corrected chi connectivity index (χ2v) is 5.18. The maximum absolute atomic E-state index is 12.2. The third-order valence-electron chi connectivity index (χ3n) is 3.75. The second-order valence-electron chi connectivity index (χ2n) is 5.18. The van der Waals surface area contributed by atoms with Crippen molar-refractivity contribution in [3.05, 3.63) is 85.6 Å². The summed E-state index contributed by atoms with van der Waals surface area (Å²) < 4.78 is 0. The van der Waals surface area contributed by atoms with Crippen LogP contribution in [0.5, 0.6) is 0 Å². The Morgan fingerprint density at radius 3 is 1.58 bits per heavy atom. The van der Waals surface area contributed by atoms with Crippen LogP contribution in [0, 0.1) is 0 Å². The Morgan fingerprint density at radius 1 is 0.500 bits per heavy atom. The number of rotatable bonds is 0. The number of fused-ring (bicyclic) bond motifs is 4. The summed E-state index contributed by atoms with van der Waals surface area (Å²) in [6, 6.07) is 3.66. The van der Waals surface area contributed by atoms with Gasteiger partial charge in [0.05, 0.1) is 0 Å². The van der Waals surface area contributed by atoms with Crippen molar-refractivity contribution >= 4 is 32.8 Å². The van der Waals surface area contributed by atoms with E-state index in [0.29, 0.717) is 0 Å². The molecule has 0 atom stereocenters. The van der Waals surface area contributed by atoms with Crippen LogP contribution >= 0.6 is 0 Å². The molecule has 0 fully saturated rings. The van der Waals surface area contributed by atoms with Crippen LogP contribution in [0.3, 0.4) is 0 Å². The molecule has 4 rings (SSSR count). The molecule has 0 N–H and O–H groups in total. The van der Waals surface area contributed by atoms with Crippen molar-refractivity contribution in [2.24, 2.45) is 0 Å². The normalized spacial score (nSPS) is 11.5. The fraction of sp³-hybridized carbons (Fsp3) is 0. The predicted octanol–water partition coefficient (Wildman–Crippen LogP) is -1.59. The standard InChI is InChI=1S/C16H4N2O6/c19-7-1-2-8(20)13-12(7)17-11-5-3-9(21)10(22)4-6(5)15(23)16(24)14(11)18-13/h1-4H. The molecule has 4 aromatic rings. The molecular weight excluding hydrogens is 316 g/mol. The first-order valence-electron chi connectivity index (χ1n) is 6.68. The van der Waals surface area contributed by atoms with Crippen LogP contribution < -0.4 is 32.6 Å². The molecule has 0 saturated heterocycles. The second kappa shape index (κ2) is 4.42. The van der Waals surface area contributed by atoms with Gasteiger partial charge in [-0.1, -0.05) is 0 Å². The van der Waals surface area contributed by atoms with E-state index in [1.165, 1.54) is 0 Å². The molecule has 3 aromatic carbocycles. The SMILES string of the molecule is O=c1cc2c(=O)c(=O)c3nc4c(=O)ccc(=O)c4nc3c2cc1=O. The number of benzene rings is 3. The van der Waals surface area contributed by atoms with E-state index in [1.54, 1.807) is 0 Å². The van der Waals surface area contributed by atoms with Crippen molar-refractivity contribution in [1.82, 2.24) is 9.97 Å². The van der Waals surface area contributed by atoms with Crippen LogP contribution in [0.25, 0.3) is 32.8 Å². The maximum atomic E-state index is 12.2. The molecule has 0 aliphatic heterocycles. The minimum Gasteiger partial charge on any atom is -0.287 e. The van der Waals surface area contributed by atoms with Crippen molar-refractivity contribution < 1.29 is 0 Å². The van der Waals surface area contributed by atoms with Gasteiger partial charge in [0.1, 0.15) is 22.1 Å². The van der Waals surface area contributed by atoms with Crippen LogP contribution in [-0.4, -0.2) is 9.97 Å². The Bertz CT molecular complexity index is 1520. The molecule has 0 saturated carbocycles. The first-order valence-corrected chi connectivity index (χ1v) is 6.68. The molecule has 0 bridgehead atoms. The monoisotopic (exact) mass is 320 g/mol. The lowest BCUT2D eigenvalue weighted by Gasteiger charge is -2.02. The first-order chi connectivity index (χ1) is 11.4. The third-order valence-corrected chi connectivity index (χ3v) is 3.75. The molecule has 0 unspecified atom stereocenters. The predicted molar refractivity (Wildman–Crippen MR) is 85.7 cm³/mol. The van der Waals surface area contributed by atoms with Crippen molar-refractivity contribution in [3.8, 4) is 0 Å². The van der Waals surface area contributed by atoms with Crippen molar-refractivity contribution in [2.75, 3.05) is 0 Å². The summed E-state index contributed by atoms with van der Waals surface area (Å²) in [7, 11) is 0. The Labute approximate surface area is 129 Å². The van der Waals surface area contributed by atoms with E-state index < -0.39 is 38.1 Å². The number of aromatic nitrogens is 2. The van der Waals surface area contributed by atoms with Gasteiger partial charge in [-0.05, 0) is 18.2 Å². The average molecular weight is 320 g/mol. The zero-order chi connectivity index (χ0) is 17.2. The van der Waals surface area contributed by atoms with Crippen LogP contribution in [0.4, 0.5) is 0 Å². The molecule has 0 aliphatic carbocycles. The largest absolute Gasteiger partial charge is 0.287 e. The third kappa shape index (κ3) is 1.67. The van der Waals surface area contributed by atoms with Gasteiger partial charge < -0.3 is 0 Å². The van der Waals surface area contributed by atoms with Crippen molar-refractivity contribution in [2.45, 2.75) is 0 Å². The highest BCUT2D eigenvalue weighted by Crippen LogP contribution is 2.16. The lowest BCUT2D eigenvalue weighted by Crippen LogP contribution is -2.30. The summed E-state index contributed by atoms with van der Waals surface area (Å²) in [5, 5.41) is -0.319. The van der Waals surface area contributed by atoms with Crippen LogP contribution in [0.2, 0.25) is 0 Å². The summed E-state index contributed by atoms with van der Waals surface area (Å²) >= 11 is 0. The highest BCUT2D eigenvalue weighted by Gasteiger charge is 2.17. The fourth-order valence-corrected chi connectivity index (χ4v) is 2.61. The van der Waals surface area contributed by atoms with Gasteiger partial charge in [-0.2, -0.15) is 0 Å². The topological polar surface area (TPSA) is 128 Å². The molecule has 8 nitrogen and oxygen atoms in total. The Hall–Kier alpha value is -3.68. The van der Waals surface area contributed by atoms with Gasteiger partial charge in [-0.25, -0.2) is 9.97 Å². The average Bonchev–Trinajstić information content (AvgIpc) is 2.57. The van der Waals surface area contributed by atoms with Crippen LogP contribution in [0.1, 0.15) is 0 Å². The minimum atomic E-state index is -1.05. The fourth-order valence-electron chi connectivity index (χ4n) is 2.61. The van der Waals surface area contributed by atoms with Gasteiger partial charge in [0.15, 0.2) is 0 Å². The van der Waals surface area contributed by atoms with Crippen molar-refractivity contribution in [1.29, 1.82) is 0 Å². The van der Waals surface area contributed by atoms with E-state index in [0.717, 1.165) is 24.3 Å². The minimum absolute atomic E-state index is 0.0516. The summed E-state index contributed by atoms with van der Waals surface area (Å²) in [6.45, 7) is 0. The van der Waals surface area contributed by atoms with E-state index in [-0.39, 0.29) is 27.3 Å². The molecule has 8 heteroatoms. The smallest absolute Gasteiger partial charge is 0.254 e. The molecule has 114 valence electrons. The number of hydrogen-bond acceptors (Lipinski definition) is 8. The zero-order valence-corrected chi connectivity index (χ0v) is 11.7. The molecule has 1 heterocycles.